The van der Waals surface area contributed by atoms with Crippen molar-refractivity contribution in [2.75, 3.05) is 5.01 Å². The van der Waals surface area contributed by atoms with Gasteiger partial charge in [0.2, 0.25) is 0 Å². The Morgan fingerprint density at radius 3 is 2.48 bits per heavy atom. The lowest BCUT2D eigenvalue weighted by molar-refractivity contribution is -0.384. The summed E-state index contributed by atoms with van der Waals surface area (Å²) in [4.78, 5) is 23.2. The molecule has 0 atom stereocenters. The molecule has 1 heterocycles. The van der Waals surface area contributed by atoms with E-state index in [9.17, 15) is 14.9 Å². The van der Waals surface area contributed by atoms with Crippen LogP contribution in [-0.2, 0) is 4.79 Å². The molecule has 3 rings (SSSR count). The highest BCUT2D eigenvalue weighted by molar-refractivity contribution is 6.37. The molecule has 1 aliphatic rings. The van der Waals surface area contributed by atoms with Gasteiger partial charge in [-0.3, -0.25) is 14.9 Å². The predicted octanol–water partition coefficient (Wildman–Crippen LogP) is 4.36. The average Bonchev–Trinajstić information content (AvgIpc) is 2.85. The van der Waals surface area contributed by atoms with E-state index in [4.69, 9.17) is 11.6 Å². The number of hydrogen-bond donors (Lipinski definition) is 0. The smallest absolute Gasteiger partial charge is 0.267 e. The summed E-state index contributed by atoms with van der Waals surface area (Å²) >= 11 is 6.11. The number of nitro benzene ring substituents is 1. The van der Waals surface area contributed by atoms with Crippen LogP contribution in [0.4, 0.5) is 11.4 Å². The Balaban J connectivity index is 1.99. The lowest BCUT2D eigenvalue weighted by Gasteiger charge is -2.13. The van der Waals surface area contributed by atoms with Gasteiger partial charge in [-0.05, 0) is 31.6 Å². The maximum atomic E-state index is 12.7. The number of hydrogen-bond acceptors (Lipinski definition) is 4. The highest BCUT2D eigenvalue weighted by atomic mass is 35.5. The molecule has 0 unspecified atom stereocenters. The molecule has 0 bridgehead atoms. The maximum Gasteiger partial charge on any atom is 0.280 e. The number of nitro groups is 1. The van der Waals surface area contributed by atoms with Crippen LogP contribution in [0.25, 0.3) is 6.08 Å². The number of halogens is 1. The third-order valence-electron chi connectivity index (χ3n) is 3.82. The van der Waals surface area contributed by atoms with Crippen molar-refractivity contribution in [3.8, 4) is 0 Å². The van der Waals surface area contributed by atoms with Gasteiger partial charge >= 0.3 is 0 Å². The van der Waals surface area contributed by atoms with Crippen molar-refractivity contribution in [2.45, 2.75) is 13.8 Å². The first-order valence-corrected chi connectivity index (χ1v) is 7.87. The molecule has 1 aliphatic heterocycles. The number of benzene rings is 2. The minimum absolute atomic E-state index is 0.156. The van der Waals surface area contributed by atoms with E-state index >= 15 is 0 Å². The summed E-state index contributed by atoms with van der Waals surface area (Å²) < 4.78 is 0. The highest BCUT2D eigenvalue weighted by Gasteiger charge is 2.31. The molecule has 0 radical (unpaired) electrons. The van der Waals surface area contributed by atoms with E-state index in [2.05, 4.69) is 5.10 Å². The van der Waals surface area contributed by atoms with Crippen molar-refractivity contribution < 1.29 is 9.72 Å². The molecule has 0 saturated heterocycles. The zero-order valence-electron chi connectivity index (χ0n) is 13.6. The molecule has 0 aliphatic carbocycles. The zero-order chi connectivity index (χ0) is 18.1. The Morgan fingerprint density at radius 1 is 1.16 bits per heavy atom. The van der Waals surface area contributed by atoms with Gasteiger partial charge < -0.3 is 0 Å². The van der Waals surface area contributed by atoms with E-state index in [0.717, 1.165) is 16.1 Å². The molecule has 0 spiro atoms. The van der Waals surface area contributed by atoms with Crippen LogP contribution in [0.15, 0.2) is 53.1 Å². The van der Waals surface area contributed by atoms with Gasteiger partial charge in [-0.25, -0.2) is 0 Å². The van der Waals surface area contributed by atoms with E-state index in [0.29, 0.717) is 11.3 Å². The van der Waals surface area contributed by atoms with Crippen LogP contribution < -0.4 is 5.01 Å². The second-order valence-corrected chi connectivity index (χ2v) is 6.07. The third kappa shape index (κ3) is 3.29. The van der Waals surface area contributed by atoms with Crippen LogP contribution >= 0.6 is 11.6 Å². The van der Waals surface area contributed by atoms with Crippen molar-refractivity contribution in [1.29, 1.82) is 0 Å². The van der Waals surface area contributed by atoms with Crippen LogP contribution in [0.2, 0.25) is 5.02 Å². The molecule has 0 N–H and O–H groups in total. The van der Waals surface area contributed by atoms with Crippen LogP contribution in [0.3, 0.4) is 0 Å². The monoisotopic (exact) mass is 355 g/mol. The molecule has 1 amide bonds. The molecular formula is C18H14ClN3O3. The first-order chi connectivity index (χ1) is 11.9. The number of nitrogens with zero attached hydrogens (tertiary/aromatic N) is 3. The summed E-state index contributed by atoms with van der Waals surface area (Å²) in [6.07, 6.45) is 1.74. The molecule has 126 valence electrons. The quantitative estimate of drug-likeness (QED) is 0.466. The van der Waals surface area contributed by atoms with Crippen molar-refractivity contribution in [3.63, 3.8) is 0 Å². The highest BCUT2D eigenvalue weighted by Crippen LogP contribution is 2.34. The fourth-order valence-corrected chi connectivity index (χ4v) is 2.65. The second kappa shape index (κ2) is 6.49. The number of carbonyl (C=O) groups is 1. The topological polar surface area (TPSA) is 75.8 Å². The average molecular weight is 356 g/mol. The van der Waals surface area contributed by atoms with Gasteiger partial charge in [0.15, 0.2) is 0 Å². The zero-order valence-corrected chi connectivity index (χ0v) is 14.3. The Hall–Kier alpha value is -2.99. The van der Waals surface area contributed by atoms with Gasteiger partial charge in [-0.1, -0.05) is 41.4 Å². The van der Waals surface area contributed by atoms with Crippen molar-refractivity contribution in [1.82, 2.24) is 0 Å². The first kappa shape index (κ1) is 16.9. The molecule has 0 fully saturated rings. The normalized spacial score (nSPS) is 15.6. The Morgan fingerprint density at radius 2 is 1.84 bits per heavy atom. The summed E-state index contributed by atoms with van der Waals surface area (Å²) in [5, 5.41) is 16.5. The minimum atomic E-state index is -0.542. The van der Waals surface area contributed by atoms with Crippen LogP contribution in [0.5, 0.6) is 0 Å². The lowest BCUT2D eigenvalue weighted by atomic mass is 10.1. The lowest BCUT2D eigenvalue weighted by Crippen LogP contribution is -2.21. The predicted molar refractivity (Wildman–Crippen MR) is 97.9 cm³/mol. The number of anilines is 1. The molecule has 7 heteroatoms. The van der Waals surface area contributed by atoms with Gasteiger partial charge in [0.25, 0.3) is 11.6 Å². The van der Waals surface area contributed by atoms with Gasteiger partial charge in [-0.15, -0.1) is 0 Å². The minimum Gasteiger partial charge on any atom is -0.267 e. The third-order valence-corrected chi connectivity index (χ3v) is 4.14. The van der Waals surface area contributed by atoms with E-state index in [1.54, 1.807) is 13.0 Å². The van der Waals surface area contributed by atoms with Gasteiger partial charge in [0.05, 0.1) is 26.9 Å². The molecular weight excluding hydrogens is 342 g/mol. The largest absolute Gasteiger partial charge is 0.280 e. The van der Waals surface area contributed by atoms with E-state index in [1.807, 2.05) is 31.2 Å². The fraction of sp³-hybridized carbons (Fsp3) is 0.111. The molecule has 25 heavy (non-hydrogen) atoms. The number of carbonyl (C=O) groups excluding carboxylic acids is 1. The summed E-state index contributed by atoms with van der Waals surface area (Å²) in [5.74, 6) is -0.375. The van der Waals surface area contributed by atoms with Crippen molar-refractivity contribution >= 4 is 40.7 Å². The number of hydrazone groups is 1. The SMILES string of the molecule is CC1=NN(c2cc([N+](=O)[O-])ccc2Cl)C(=O)C1=Cc1ccc(C)cc1. The number of non-ortho nitro benzene ring substituents is 1. The number of aryl methyl sites for hydroxylation is 1. The maximum absolute atomic E-state index is 12.7. The Kier molecular flexibility index (Phi) is 4.37. The van der Waals surface area contributed by atoms with Crippen molar-refractivity contribution in [3.05, 3.63) is 74.3 Å². The summed E-state index contributed by atoms with van der Waals surface area (Å²) in [6.45, 7) is 3.69. The first-order valence-electron chi connectivity index (χ1n) is 7.49. The van der Waals surface area contributed by atoms with E-state index in [-0.39, 0.29) is 22.3 Å². The molecule has 6 nitrogen and oxygen atoms in total. The number of rotatable bonds is 3. The Labute approximate surface area is 149 Å². The second-order valence-electron chi connectivity index (χ2n) is 5.66. The summed E-state index contributed by atoms with van der Waals surface area (Å²) in [6, 6.07) is 11.6. The molecule has 2 aromatic carbocycles. The van der Waals surface area contributed by atoms with Gasteiger partial charge in [0.1, 0.15) is 0 Å². The van der Waals surface area contributed by atoms with E-state index < -0.39 is 4.92 Å². The fourth-order valence-electron chi connectivity index (χ4n) is 2.45. The van der Waals surface area contributed by atoms with Gasteiger partial charge in [-0.2, -0.15) is 10.1 Å². The molecule has 0 saturated carbocycles. The Bertz CT molecular complexity index is 933. The number of amides is 1. The van der Waals surface area contributed by atoms with Crippen LogP contribution in [-0.4, -0.2) is 16.5 Å². The van der Waals surface area contributed by atoms with Crippen LogP contribution in [0, 0.1) is 17.0 Å². The summed E-state index contributed by atoms with van der Waals surface area (Å²) in [7, 11) is 0. The molecule has 2 aromatic rings. The van der Waals surface area contributed by atoms with E-state index in [1.165, 1.54) is 18.2 Å². The van der Waals surface area contributed by atoms with Gasteiger partial charge in [0, 0.05) is 12.1 Å². The van der Waals surface area contributed by atoms with Crippen LogP contribution in [0.1, 0.15) is 18.1 Å². The molecule has 0 aromatic heterocycles. The summed E-state index contributed by atoms with van der Waals surface area (Å²) in [5.41, 5.74) is 2.97. The standard InChI is InChI=1S/C18H14ClN3O3/c1-11-3-5-13(6-4-11)9-15-12(2)20-21(18(15)23)17-10-14(22(24)25)7-8-16(17)19/h3-10H,1-2H3. The van der Waals surface area contributed by atoms with Crippen molar-refractivity contribution in [2.24, 2.45) is 5.10 Å².